The van der Waals surface area contributed by atoms with E-state index in [9.17, 15) is 19.2 Å². The number of hydrogen-bond donors (Lipinski definition) is 3. The Balaban J connectivity index is 1.75. The minimum Gasteiger partial charge on any atom is -0.398 e. The van der Waals surface area contributed by atoms with Gasteiger partial charge < -0.3 is 11.1 Å². The lowest BCUT2D eigenvalue weighted by molar-refractivity contribution is 0.0507. The van der Waals surface area contributed by atoms with Gasteiger partial charge in [-0.25, -0.2) is 4.79 Å². The van der Waals surface area contributed by atoms with Crippen molar-refractivity contribution >= 4 is 35.1 Å². The number of rotatable bonds is 2. The molecule has 0 saturated heterocycles. The van der Waals surface area contributed by atoms with E-state index in [2.05, 4.69) is 10.6 Å². The number of urea groups is 1. The summed E-state index contributed by atoms with van der Waals surface area (Å²) in [5.74, 6) is -1.45. The number of nitrogen functional groups attached to an aromatic ring is 1. The summed E-state index contributed by atoms with van der Waals surface area (Å²) in [6.07, 6.45) is 0. The second kappa shape index (κ2) is 6.80. The van der Waals surface area contributed by atoms with Gasteiger partial charge in [0.15, 0.2) is 0 Å². The zero-order chi connectivity index (χ0) is 20.6. The average Bonchev–Trinajstić information content (AvgIpc) is 2.85. The molecule has 0 aromatic heterocycles. The first-order chi connectivity index (χ1) is 13.1. The third-order valence-corrected chi connectivity index (χ3v) is 4.25. The van der Waals surface area contributed by atoms with Gasteiger partial charge in [-0.3, -0.25) is 24.6 Å². The molecule has 0 saturated carbocycles. The summed E-state index contributed by atoms with van der Waals surface area (Å²) in [6.45, 7) is 5.30. The van der Waals surface area contributed by atoms with E-state index in [0.717, 1.165) is 0 Å². The summed E-state index contributed by atoms with van der Waals surface area (Å²) in [7, 11) is 0. The number of nitrogens with zero attached hydrogens (tertiary/aromatic N) is 1. The Labute approximate surface area is 161 Å². The van der Waals surface area contributed by atoms with E-state index < -0.39 is 23.4 Å². The van der Waals surface area contributed by atoms with E-state index in [0.29, 0.717) is 0 Å². The van der Waals surface area contributed by atoms with Crippen molar-refractivity contribution in [1.29, 1.82) is 0 Å². The maximum absolute atomic E-state index is 12.6. The quantitative estimate of drug-likeness (QED) is 0.546. The minimum atomic E-state index is -0.780. The van der Waals surface area contributed by atoms with Crippen LogP contribution in [0.3, 0.4) is 0 Å². The highest BCUT2D eigenvalue weighted by molar-refractivity contribution is 6.22. The SMILES string of the molecule is CC(C)(C)N1C(=O)c2ccc(NC(=O)NC(=O)c3ccccc3N)cc2C1=O. The molecule has 2 aromatic carbocycles. The zero-order valence-electron chi connectivity index (χ0n) is 15.7. The van der Waals surface area contributed by atoms with E-state index in [1.807, 2.05) is 0 Å². The number of amides is 5. The Bertz CT molecular complexity index is 1010. The van der Waals surface area contributed by atoms with Gasteiger partial charge >= 0.3 is 6.03 Å². The van der Waals surface area contributed by atoms with E-state index in [4.69, 9.17) is 5.73 Å². The fourth-order valence-electron chi connectivity index (χ4n) is 2.96. The largest absolute Gasteiger partial charge is 0.398 e. The molecule has 0 spiro atoms. The number of nitrogens with one attached hydrogen (secondary N) is 2. The second-order valence-electron chi connectivity index (χ2n) is 7.37. The van der Waals surface area contributed by atoms with Gasteiger partial charge in [0.2, 0.25) is 0 Å². The van der Waals surface area contributed by atoms with E-state index >= 15 is 0 Å². The summed E-state index contributed by atoms with van der Waals surface area (Å²) < 4.78 is 0. The topological polar surface area (TPSA) is 122 Å². The van der Waals surface area contributed by atoms with Crippen molar-refractivity contribution in [2.45, 2.75) is 26.3 Å². The molecule has 0 aliphatic carbocycles. The maximum Gasteiger partial charge on any atom is 0.326 e. The van der Waals surface area contributed by atoms with Crippen molar-refractivity contribution in [1.82, 2.24) is 10.2 Å². The molecule has 1 aliphatic rings. The highest BCUT2D eigenvalue weighted by atomic mass is 16.2. The van der Waals surface area contributed by atoms with Gasteiger partial charge in [-0.05, 0) is 51.1 Å². The van der Waals surface area contributed by atoms with Crippen molar-refractivity contribution in [3.63, 3.8) is 0 Å². The molecule has 1 aliphatic heterocycles. The summed E-state index contributed by atoms with van der Waals surface area (Å²) in [4.78, 5) is 50.5. The Hall–Kier alpha value is -3.68. The normalized spacial score (nSPS) is 13.3. The monoisotopic (exact) mass is 380 g/mol. The summed E-state index contributed by atoms with van der Waals surface area (Å²) >= 11 is 0. The number of benzene rings is 2. The van der Waals surface area contributed by atoms with E-state index in [1.165, 1.54) is 29.2 Å². The highest BCUT2D eigenvalue weighted by Crippen LogP contribution is 2.30. The number of hydrogen-bond acceptors (Lipinski definition) is 5. The number of anilines is 2. The molecule has 3 rings (SSSR count). The summed E-state index contributed by atoms with van der Waals surface area (Å²) in [5, 5.41) is 4.66. The number of para-hydroxylation sites is 1. The van der Waals surface area contributed by atoms with Crippen LogP contribution in [0.15, 0.2) is 42.5 Å². The minimum absolute atomic E-state index is 0.174. The molecular weight excluding hydrogens is 360 g/mol. The number of fused-ring (bicyclic) bond motifs is 1. The van der Waals surface area contributed by atoms with Crippen molar-refractivity contribution in [2.24, 2.45) is 0 Å². The lowest BCUT2D eigenvalue weighted by atomic mass is 10.1. The van der Waals surface area contributed by atoms with Crippen LogP contribution in [0, 0.1) is 0 Å². The third-order valence-electron chi connectivity index (χ3n) is 4.25. The van der Waals surface area contributed by atoms with Crippen molar-refractivity contribution in [2.75, 3.05) is 11.1 Å². The lowest BCUT2D eigenvalue weighted by Gasteiger charge is -2.29. The van der Waals surface area contributed by atoms with Gasteiger partial charge in [-0.15, -0.1) is 0 Å². The number of imide groups is 2. The zero-order valence-corrected chi connectivity index (χ0v) is 15.7. The third kappa shape index (κ3) is 3.44. The molecule has 1 heterocycles. The van der Waals surface area contributed by atoms with Crippen LogP contribution in [0.25, 0.3) is 0 Å². The van der Waals surface area contributed by atoms with Crippen LogP contribution in [0.2, 0.25) is 0 Å². The molecule has 28 heavy (non-hydrogen) atoms. The molecule has 5 amide bonds. The van der Waals surface area contributed by atoms with Crippen LogP contribution in [-0.4, -0.2) is 34.2 Å². The number of carbonyl (C=O) groups is 4. The fourth-order valence-corrected chi connectivity index (χ4v) is 2.96. The molecular formula is C20H20N4O4. The maximum atomic E-state index is 12.6. The first-order valence-corrected chi connectivity index (χ1v) is 8.59. The number of nitrogens with two attached hydrogens (primary N) is 1. The molecule has 2 aromatic rings. The van der Waals surface area contributed by atoms with Gasteiger partial charge in [-0.1, -0.05) is 12.1 Å². The second-order valence-corrected chi connectivity index (χ2v) is 7.37. The van der Waals surface area contributed by atoms with Gasteiger partial charge in [0.1, 0.15) is 0 Å². The molecule has 144 valence electrons. The van der Waals surface area contributed by atoms with Crippen LogP contribution in [0.1, 0.15) is 51.8 Å². The van der Waals surface area contributed by atoms with Gasteiger partial charge in [-0.2, -0.15) is 0 Å². The average molecular weight is 380 g/mol. The van der Waals surface area contributed by atoms with Gasteiger partial charge in [0, 0.05) is 16.9 Å². The summed E-state index contributed by atoms with van der Waals surface area (Å²) in [6, 6.07) is 9.98. The lowest BCUT2D eigenvalue weighted by Crippen LogP contribution is -2.45. The highest BCUT2D eigenvalue weighted by Gasteiger charge is 2.41. The van der Waals surface area contributed by atoms with Gasteiger partial charge in [0.25, 0.3) is 17.7 Å². The smallest absolute Gasteiger partial charge is 0.326 e. The fraction of sp³-hybridized carbons (Fsp3) is 0.200. The molecule has 8 heteroatoms. The van der Waals surface area contributed by atoms with E-state index in [-0.39, 0.29) is 34.0 Å². The van der Waals surface area contributed by atoms with Crippen molar-refractivity contribution in [3.8, 4) is 0 Å². The predicted molar refractivity (Wildman–Crippen MR) is 104 cm³/mol. The Morgan fingerprint density at radius 2 is 1.61 bits per heavy atom. The van der Waals surface area contributed by atoms with Crippen LogP contribution < -0.4 is 16.4 Å². The van der Waals surface area contributed by atoms with Crippen LogP contribution in [0.5, 0.6) is 0 Å². The molecule has 4 N–H and O–H groups in total. The van der Waals surface area contributed by atoms with Gasteiger partial charge in [0.05, 0.1) is 16.7 Å². The van der Waals surface area contributed by atoms with Crippen LogP contribution in [-0.2, 0) is 0 Å². The Kier molecular flexibility index (Phi) is 4.64. The molecule has 0 atom stereocenters. The Morgan fingerprint density at radius 1 is 0.964 bits per heavy atom. The number of carbonyl (C=O) groups excluding carboxylic acids is 4. The van der Waals surface area contributed by atoms with Crippen LogP contribution >= 0.6 is 0 Å². The molecule has 0 fully saturated rings. The standard InChI is InChI=1S/C20H20N4O4/c1-20(2,3)24-17(26)12-9-8-11(10-14(12)18(24)27)22-19(28)23-16(25)13-6-4-5-7-15(13)21/h4-10H,21H2,1-3H3,(H2,22,23,25,28). The molecule has 0 radical (unpaired) electrons. The summed E-state index contributed by atoms with van der Waals surface area (Å²) in [5.41, 5.74) is 6.24. The first-order valence-electron chi connectivity index (χ1n) is 8.59. The Morgan fingerprint density at radius 3 is 2.25 bits per heavy atom. The molecule has 0 bridgehead atoms. The van der Waals surface area contributed by atoms with Crippen molar-refractivity contribution < 1.29 is 19.2 Å². The van der Waals surface area contributed by atoms with E-state index in [1.54, 1.807) is 39.0 Å². The molecule has 0 unspecified atom stereocenters. The van der Waals surface area contributed by atoms with Crippen LogP contribution in [0.4, 0.5) is 16.2 Å². The predicted octanol–water partition coefficient (Wildman–Crippen LogP) is 2.63. The first kappa shape index (κ1) is 19.1. The van der Waals surface area contributed by atoms with Crippen molar-refractivity contribution in [3.05, 3.63) is 59.2 Å². The molecule has 8 nitrogen and oxygen atoms in total.